The largest absolute Gasteiger partial charge is 0.387 e. The molecule has 2 N–H and O–H groups in total. The molecule has 0 aliphatic rings. The summed E-state index contributed by atoms with van der Waals surface area (Å²) in [5.41, 5.74) is 12.2. The van der Waals surface area contributed by atoms with Gasteiger partial charge in [0.15, 0.2) is 0 Å². The maximum Gasteiger partial charge on any atom is 0.101 e. The predicted molar refractivity (Wildman–Crippen MR) is 170 cm³/mol. The second-order valence-electron chi connectivity index (χ2n) is 11.5. The van der Waals surface area contributed by atoms with Crippen molar-refractivity contribution in [2.24, 2.45) is 0 Å². The van der Waals surface area contributed by atoms with Crippen LogP contribution in [0.5, 0.6) is 0 Å². The van der Waals surface area contributed by atoms with Crippen LogP contribution in [0, 0.1) is 78.1 Å². The molecule has 0 amide bonds. The van der Waals surface area contributed by atoms with Crippen molar-refractivity contribution < 1.29 is 10.2 Å². The van der Waals surface area contributed by atoms with Gasteiger partial charge < -0.3 is 10.2 Å². The van der Waals surface area contributed by atoms with E-state index in [4.69, 9.17) is 0 Å². The highest BCUT2D eigenvalue weighted by molar-refractivity contribution is 5.44. The minimum Gasteiger partial charge on any atom is -0.387 e. The minimum atomic E-state index is -0.807. The fraction of sp³-hybridized carbons (Fsp3) is 0.316. The molecule has 0 spiro atoms. The Morgan fingerprint density at radius 3 is 0.952 bits per heavy atom. The van der Waals surface area contributed by atoms with Crippen molar-refractivity contribution in [2.75, 3.05) is 0 Å². The molecule has 0 aromatic heterocycles. The monoisotopic (exact) mass is 558 g/mol. The molecule has 0 saturated carbocycles. The molecule has 4 aromatic carbocycles. The Hall–Kier alpha value is -4.22. The second kappa shape index (κ2) is 14.1. The van der Waals surface area contributed by atoms with Crippen LogP contribution in [-0.4, -0.2) is 10.2 Å². The Labute approximate surface area is 251 Å². The van der Waals surface area contributed by atoms with Crippen molar-refractivity contribution in [3.8, 4) is 12.1 Å². The summed E-state index contributed by atoms with van der Waals surface area (Å²) in [6, 6.07) is 28.3. The van der Waals surface area contributed by atoms with Crippen molar-refractivity contribution in [2.45, 2.75) is 79.4 Å². The maximum absolute atomic E-state index is 10.7. The SMILES string of the molecule is Cc1ccc([C@@H](C#N)[C@H](O)c2c(C)cc(C)cc2C)cc1.Cc1ccc([C@H](C#N)[C@@H](O)c2c(C)cc(C)cc2C)cc1. The van der Waals surface area contributed by atoms with Crippen LogP contribution in [0.15, 0.2) is 72.8 Å². The zero-order valence-corrected chi connectivity index (χ0v) is 26.0. The Kier molecular flexibility index (Phi) is 10.8. The number of rotatable bonds is 6. The highest BCUT2D eigenvalue weighted by Gasteiger charge is 2.26. The number of nitrogens with zero attached hydrogens (tertiary/aromatic N) is 2. The van der Waals surface area contributed by atoms with Crippen molar-refractivity contribution in [1.82, 2.24) is 0 Å². The molecule has 4 heteroatoms. The van der Waals surface area contributed by atoms with E-state index in [1.807, 2.05) is 104 Å². The summed E-state index contributed by atoms with van der Waals surface area (Å²) in [5, 5.41) is 40.5. The molecular formula is C38H42N2O2. The second-order valence-corrected chi connectivity index (χ2v) is 11.5. The molecule has 0 fully saturated rings. The smallest absolute Gasteiger partial charge is 0.101 e. The summed E-state index contributed by atoms with van der Waals surface area (Å²) in [4.78, 5) is 0. The Balaban J connectivity index is 0.000000230. The summed E-state index contributed by atoms with van der Waals surface area (Å²) in [7, 11) is 0. The first-order chi connectivity index (χ1) is 19.9. The van der Waals surface area contributed by atoms with Gasteiger partial charge >= 0.3 is 0 Å². The van der Waals surface area contributed by atoms with Crippen LogP contribution in [0.4, 0.5) is 0 Å². The van der Waals surface area contributed by atoms with E-state index in [0.29, 0.717) is 0 Å². The number of nitriles is 2. The van der Waals surface area contributed by atoms with Gasteiger partial charge in [0.05, 0.1) is 24.3 Å². The number of hydrogen-bond acceptors (Lipinski definition) is 4. The first kappa shape index (κ1) is 32.3. The number of aliphatic hydroxyl groups is 2. The molecule has 4 atom stereocenters. The first-order valence-corrected chi connectivity index (χ1v) is 14.3. The average Bonchev–Trinajstić information content (AvgIpc) is 2.91. The van der Waals surface area contributed by atoms with Gasteiger partial charge in [-0.05, 0) is 99.9 Å². The minimum absolute atomic E-state index is 0.550. The van der Waals surface area contributed by atoms with E-state index in [1.165, 1.54) is 11.1 Å². The van der Waals surface area contributed by atoms with E-state index in [9.17, 15) is 20.7 Å². The van der Waals surface area contributed by atoms with E-state index in [2.05, 4.69) is 36.4 Å². The lowest BCUT2D eigenvalue weighted by Gasteiger charge is -2.22. The molecule has 4 nitrogen and oxygen atoms in total. The number of benzene rings is 4. The zero-order chi connectivity index (χ0) is 31.1. The molecule has 0 unspecified atom stereocenters. The third-order valence-corrected chi connectivity index (χ3v) is 7.85. The molecule has 0 bridgehead atoms. The van der Waals surface area contributed by atoms with Gasteiger partial charge in [-0.1, -0.05) is 95.1 Å². The topological polar surface area (TPSA) is 88.0 Å². The molecular weight excluding hydrogens is 516 g/mol. The predicted octanol–water partition coefficient (Wildman–Crippen LogP) is 8.52. The van der Waals surface area contributed by atoms with Gasteiger partial charge in [0, 0.05) is 0 Å². The summed E-state index contributed by atoms with van der Waals surface area (Å²) in [6.45, 7) is 16.1. The van der Waals surface area contributed by atoms with Crippen molar-refractivity contribution in [3.63, 3.8) is 0 Å². The zero-order valence-electron chi connectivity index (χ0n) is 26.0. The van der Waals surface area contributed by atoms with E-state index >= 15 is 0 Å². The van der Waals surface area contributed by atoms with Crippen LogP contribution in [0.25, 0.3) is 0 Å². The summed E-state index contributed by atoms with van der Waals surface area (Å²) >= 11 is 0. The average molecular weight is 559 g/mol. The molecule has 4 aromatic rings. The molecule has 0 heterocycles. The van der Waals surface area contributed by atoms with Gasteiger partial charge in [-0.25, -0.2) is 0 Å². The van der Waals surface area contributed by atoms with Gasteiger partial charge in [0.1, 0.15) is 11.8 Å². The fourth-order valence-corrected chi connectivity index (χ4v) is 5.85. The normalized spacial score (nSPS) is 13.5. The fourth-order valence-electron chi connectivity index (χ4n) is 5.85. The standard InChI is InChI=1S/2C19H21NO/c2*1-12-5-7-16(8-6-12)17(11-20)19(21)18-14(3)9-13(2)10-15(18)4/h2*5-10,17,19,21H,1-4H3/t2*17-,19+/m10/s1. The van der Waals surface area contributed by atoms with E-state index in [0.717, 1.165) is 55.6 Å². The van der Waals surface area contributed by atoms with E-state index < -0.39 is 24.0 Å². The van der Waals surface area contributed by atoms with Crippen LogP contribution in [-0.2, 0) is 0 Å². The lowest BCUT2D eigenvalue weighted by atomic mass is 9.85. The summed E-state index contributed by atoms with van der Waals surface area (Å²) in [6.07, 6.45) is -1.61. The molecule has 42 heavy (non-hydrogen) atoms. The maximum atomic E-state index is 10.7. The lowest BCUT2D eigenvalue weighted by Crippen LogP contribution is -2.12. The third-order valence-electron chi connectivity index (χ3n) is 7.85. The lowest BCUT2D eigenvalue weighted by molar-refractivity contribution is 0.162. The Morgan fingerprint density at radius 1 is 0.452 bits per heavy atom. The van der Waals surface area contributed by atoms with E-state index in [1.54, 1.807) is 0 Å². The van der Waals surface area contributed by atoms with Gasteiger partial charge in [0.25, 0.3) is 0 Å². The van der Waals surface area contributed by atoms with Crippen LogP contribution >= 0.6 is 0 Å². The quantitative estimate of drug-likeness (QED) is 0.248. The van der Waals surface area contributed by atoms with Gasteiger partial charge in [-0.15, -0.1) is 0 Å². The van der Waals surface area contributed by atoms with Gasteiger partial charge in [0.2, 0.25) is 0 Å². The van der Waals surface area contributed by atoms with E-state index in [-0.39, 0.29) is 0 Å². The van der Waals surface area contributed by atoms with Crippen LogP contribution in [0.2, 0.25) is 0 Å². The van der Waals surface area contributed by atoms with Crippen LogP contribution in [0.1, 0.15) is 90.8 Å². The molecule has 216 valence electrons. The highest BCUT2D eigenvalue weighted by atomic mass is 16.3. The molecule has 0 aliphatic carbocycles. The first-order valence-electron chi connectivity index (χ1n) is 14.3. The summed E-state index contributed by atoms with van der Waals surface area (Å²) in [5.74, 6) is -1.10. The number of aliphatic hydroxyl groups excluding tert-OH is 2. The molecule has 0 saturated heterocycles. The third kappa shape index (κ3) is 7.54. The summed E-state index contributed by atoms with van der Waals surface area (Å²) < 4.78 is 0. The Morgan fingerprint density at radius 2 is 0.714 bits per heavy atom. The number of hydrogen-bond donors (Lipinski definition) is 2. The van der Waals surface area contributed by atoms with Gasteiger partial charge in [-0.3, -0.25) is 0 Å². The van der Waals surface area contributed by atoms with Crippen molar-refractivity contribution in [1.29, 1.82) is 10.5 Å². The Bertz CT molecular complexity index is 1440. The van der Waals surface area contributed by atoms with Crippen molar-refractivity contribution in [3.05, 3.63) is 140 Å². The van der Waals surface area contributed by atoms with Crippen LogP contribution in [0.3, 0.4) is 0 Å². The highest BCUT2D eigenvalue weighted by Crippen LogP contribution is 2.36. The van der Waals surface area contributed by atoms with Crippen molar-refractivity contribution >= 4 is 0 Å². The molecule has 0 radical (unpaired) electrons. The van der Waals surface area contributed by atoms with Crippen LogP contribution < -0.4 is 0 Å². The molecule has 4 rings (SSSR count). The molecule has 0 aliphatic heterocycles. The number of aryl methyl sites for hydroxylation is 8. The van der Waals surface area contributed by atoms with Gasteiger partial charge in [-0.2, -0.15) is 10.5 Å².